The molecule has 0 saturated heterocycles. The Balaban J connectivity index is 3.03. The topological polar surface area (TPSA) is 40.5 Å². The van der Waals surface area contributed by atoms with Crippen LogP contribution in [0, 0.1) is 11.8 Å². The van der Waals surface area contributed by atoms with E-state index in [0.29, 0.717) is 25.0 Å². The Kier molecular flexibility index (Phi) is 15.3. The van der Waals surface area contributed by atoms with E-state index in [1.165, 1.54) is 77.0 Å². The van der Waals surface area contributed by atoms with Crippen molar-refractivity contribution < 1.29 is 10.2 Å². The van der Waals surface area contributed by atoms with Gasteiger partial charge >= 0.3 is 0 Å². The first-order chi connectivity index (χ1) is 9.70. The van der Waals surface area contributed by atoms with Crippen LogP contribution >= 0.6 is 0 Å². The van der Waals surface area contributed by atoms with Gasteiger partial charge in [-0.05, 0) is 24.7 Å². The third-order valence-corrected chi connectivity index (χ3v) is 4.27. The van der Waals surface area contributed by atoms with Gasteiger partial charge in [0.25, 0.3) is 0 Å². The van der Waals surface area contributed by atoms with E-state index in [0.717, 1.165) is 0 Å². The van der Waals surface area contributed by atoms with Gasteiger partial charge in [-0.1, -0.05) is 78.1 Å². The summed E-state index contributed by atoms with van der Waals surface area (Å²) in [7, 11) is 0. The van der Waals surface area contributed by atoms with Crippen LogP contribution in [0.25, 0.3) is 0 Å². The third-order valence-electron chi connectivity index (χ3n) is 4.27. The summed E-state index contributed by atoms with van der Waals surface area (Å²) in [6, 6.07) is 0. The van der Waals surface area contributed by atoms with Crippen LogP contribution in [0.4, 0.5) is 0 Å². The number of unbranched alkanes of at least 4 members (excludes halogenated alkanes) is 9. The first kappa shape index (κ1) is 19.9. The average molecular weight is 286 g/mol. The fraction of sp³-hybridized carbons (Fsp3) is 1.00. The lowest BCUT2D eigenvalue weighted by Gasteiger charge is -2.07. The molecule has 0 aliphatic heterocycles. The van der Waals surface area contributed by atoms with Crippen molar-refractivity contribution in [1.82, 2.24) is 0 Å². The van der Waals surface area contributed by atoms with Crippen LogP contribution in [0.2, 0.25) is 0 Å². The molecule has 0 bridgehead atoms. The van der Waals surface area contributed by atoms with Crippen molar-refractivity contribution in [3.8, 4) is 0 Å². The van der Waals surface area contributed by atoms with Crippen molar-refractivity contribution in [2.75, 3.05) is 13.2 Å². The lowest BCUT2D eigenvalue weighted by Crippen LogP contribution is -1.99. The highest BCUT2D eigenvalue weighted by molar-refractivity contribution is 4.53. The van der Waals surface area contributed by atoms with Crippen molar-refractivity contribution in [2.45, 2.75) is 90.9 Å². The molecule has 122 valence electrons. The van der Waals surface area contributed by atoms with Crippen LogP contribution in [0.1, 0.15) is 90.9 Å². The number of aliphatic hydroxyl groups excluding tert-OH is 2. The second kappa shape index (κ2) is 15.3. The second-order valence-electron chi connectivity index (χ2n) is 6.69. The summed E-state index contributed by atoms with van der Waals surface area (Å²) < 4.78 is 0. The molecule has 2 heteroatoms. The molecule has 0 aliphatic carbocycles. The number of aliphatic hydroxyl groups is 2. The van der Waals surface area contributed by atoms with Crippen LogP contribution < -0.4 is 0 Å². The molecule has 20 heavy (non-hydrogen) atoms. The highest BCUT2D eigenvalue weighted by atomic mass is 16.3. The maximum absolute atomic E-state index is 8.93. The Morgan fingerprint density at radius 3 is 1.00 bits per heavy atom. The van der Waals surface area contributed by atoms with E-state index >= 15 is 0 Å². The standard InChI is InChI=1S/C18H38O2/c1-17(15-19)13-11-9-7-5-3-4-6-8-10-12-14-18(2)16-20/h17-20H,3-16H2,1-2H3. The molecule has 0 fully saturated rings. The van der Waals surface area contributed by atoms with Gasteiger partial charge in [0.1, 0.15) is 0 Å². The molecule has 0 rings (SSSR count). The van der Waals surface area contributed by atoms with E-state index in [-0.39, 0.29) is 0 Å². The molecule has 0 heterocycles. The van der Waals surface area contributed by atoms with Gasteiger partial charge < -0.3 is 10.2 Å². The van der Waals surface area contributed by atoms with Crippen molar-refractivity contribution >= 4 is 0 Å². The van der Waals surface area contributed by atoms with Gasteiger partial charge in [-0.15, -0.1) is 0 Å². The molecule has 0 aromatic carbocycles. The Labute approximate surface area is 127 Å². The fourth-order valence-corrected chi connectivity index (χ4v) is 2.58. The normalized spacial score (nSPS) is 14.4. The monoisotopic (exact) mass is 286 g/mol. The van der Waals surface area contributed by atoms with Crippen molar-refractivity contribution in [3.63, 3.8) is 0 Å². The molecular formula is C18H38O2. The van der Waals surface area contributed by atoms with Crippen molar-refractivity contribution in [2.24, 2.45) is 11.8 Å². The first-order valence-corrected chi connectivity index (χ1v) is 8.92. The van der Waals surface area contributed by atoms with Crippen molar-refractivity contribution in [1.29, 1.82) is 0 Å². The van der Waals surface area contributed by atoms with E-state index in [1.807, 2.05) is 0 Å². The summed E-state index contributed by atoms with van der Waals surface area (Å²) in [5.41, 5.74) is 0. The maximum atomic E-state index is 8.93. The number of rotatable bonds is 15. The molecule has 0 aromatic heterocycles. The Morgan fingerprint density at radius 1 is 0.500 bits per heavy atom. The molecule has 0 aliphatic rings. The van der Waals surface area contributed by atoms with Gasteiger partial charge in [-0.2, -0.15) is 0 Å². The van der Waals surface area contributed by atoms with Crippen LogP contribution in [-0.2, 0) is 0 Å². The highest BCUT2D eigenvalue weighted by Gasteiger charge is 2.00. The van der Waals surface area contributed by atoms with E-state index in [9.17, 15) is 0 Å². The van der Waals surface area contributed by atoms with Crippen LogP contribution in [0.5, 0.6) is 0 Å². The van der Waals surface area contributed by atoms with Crippen molar-refractivity contribution in [3.05, 3.63) is 0 Å². The Hall–Kier alpha value is -0.0800. The molecule has 0 saturated carbocycles. The summed E-state index contributed by atoms with van der Waals surface area (Å²) in [4.78, 5) is 0. The largest absolute Gasteiger partial charge is 0.396 e. The highest BCUT2D eigenvalue weighted by Crippen LogP contribution is 2.14. The van der Waals surface area contributed by atoms with Gasteiger partial charge in [0, 0.05) is 13.2 Å². The number of hydrogen-bond acceptors (Lipinski definition) is 2. The first-order valence-electron chi connectivity index (χ1n) is 8.92. The smallest absolute Gasteiger partial charge is 0.0456 e. The fourth-order valence-electron chi connectivity index (χ4n) is 2.58. The van der Waals surface area contributed by atoms with Crippen LogP contribution in [0.15, 0.2) is 0 Å². The van der Waals surface area contributed by atoms with E-state index in [4.69, 9.17) is 10.2 Å². The van der Waals surface area contributed by atoms with E-state index < -0.39 is 0 Å². The van der Waals surface area contributed by atoms with E-state index in [1.54, 1.807) is 0 Å². The Bertz CT molecular complexity index is 162. The van der Waals surface area contributed by atoms with Gasteiger partial charge in [-0.3, -0.25) is 0 Å². The van der Waals surface area contributed by atoms with Gasteiger partial charge in [0.2, 0.25) is 0 Å². The quantitative estimate of drug-likeness (QED) is 0.419. The Morgan fingerprint density at radius 2 is 0.750 bits per heavy atom. The average Bonchev–Trinajstić information content (AvgIpc) is 2.47. The molecule has 2 nitrogen and oxygen atoms in total. The molecule has 0 amide bonds. The summed E-state index contributed by atoms with van der Waals surface area (Å²) in [6.07, 6.45) is 15.9. The summed E-state index contributed by atoms with van der Waals surface area (Å²) in [5, 5.41) is 17.9. The van der Waals surface area contributed by atoms with Crippen LogP contribution in [0.3, 0.4) is 0 Å². The SMILES string of the molecule is CC(CO)CCCCCCCCCCCCC(C)CO. The molecule has 0 spiro atoms. The van der Waals surface area contributed by atoms with E-state index in [2.05, 4.69) is 13.8 Å². The lowest BCUT2D eigenvalue weighted by atomic mass is 10.0. The minimum absolute atomic E-state index is 0.344. The van der Waals surface area contributed by atoms with Gasteiger partial charge in [0.05, 0.1) is 0 Å². The molecular weight excluding hydrogens is 248 g/mol. The predicted octanol–water partition coefficient (Wildman–Crippen LogP) is 4.92. The van der Waals surface area contributed by atoms with Crippen LogP contribution in [-0.4, -0.2) is 23.4 Å². The lowest BCUT2D eigenvalue weighted by molar-refractivity contribution is 0.227. The van der Waals surface area contributed by atoms with Gasteiger partial charge in [-0.25, -0.2) is 0 Å². The summed E-state index contributed by atoms with van der Waals surface area (Å²) in [6.45, 7) is 4.94. The minimum atomic E-state index is 0.344. The zero-order valence-corrected chi connectivity index (χ0v) is 13.9. The molecule has 2 N–H and O–H groups in total. The zero-order chi connectivity index (χ0) is 15.1. The zero-order valence-electron chi connectivity index (χ0n) is 13.9. The molecule has 2 atom stereocenters. The molecule has 0 aromatic rings. The minimum Gasteiger partial charge on any atom is -0.396 e. The summed E-state index contributed by atoms with van der Waals surface area (Å²) >= 11 is 0. The summed E-state index contributed by atoms with van der Waals surface area (Å²) in [5.74, 6) is 0.979. The third kappa shape index (κ3) is 14.3. The molecule has 2 unspecified atom stereocenters. The number of hydrogen-bond donors (Lipinski definition) is 2. The maximum Gasteiger partial charge on any atom is 0.0456 e. The second-order valence-corrected chi connectivity index (χ2v) is 6.69. The van der Waals surface area contributed by atoms with Gasteiger partial charge in [0.15, 0.2) is 0 Å². The molecule has 0 radical (unpaired) electrons. The predicted molar refractivity (Wildman–Crippen MR) is 87.9 cm³/mol.